The molecule has 1 aromatic heterocycles. The van der Waals surface area contributed by atoms with Crippen LogP contribution in [0.15, 0.2) is 36.5 Å². The minimum atomic E-state index is -0.317. The molecule has 2 rings (SSSR count). The smallest absolute Gasteiger partial charge is 0.320 e. The molecular weight excluding hydrogens is 280 g/mol. The van der Waals surface area contributed by atoms with Gasteiger partial charge in [0.25, 0.3) is 0 Å². The average molecular weight is 302 g/mol. The summed E-state index contributed by atoms with van der Waals surface area (Å²) in [6.45, 7) is 5.76. The standard InChI is InChI=1S/C16H22N4O2/c1-11-6-4-5-7-14(11)20-15(8-9-17-20)19-16(22)18-13(3)12(2)10-21/h4-9,12-13,21H,10H2,1-3H3,(H2,18,19,22)/t12-,13+/m1/s1. The van der Waals surface area contributed by atoms with Crippen LogP contribution in [0.1, 0.15) is 19.4 Å². The summed E-state index contributed by atoms with van der Waals surface area (Å²) in [6.07, 6.45) is 1.64. The van der Waals surface area contributed by atoms with Gasteiger partial charge in [-0.25, -0.2) is 9.48 Å². The quantitative estimate of drug-likeness (QED) is 0.793. The van der Waals surface area contributed by atoms with Crippen LogP contribution < -0.4 is 10.6 Å². The minimum Gasteiger partial charge on any atom is -0.396 e. The first kappa shape index (κ1) is 16.0. The van der Waals surface area contributed by atoms with Crippen molar-refractivity contribution in [3.63, 3.8) is 0 Å². The van der Waals surface area contributed by atoms with E-state index in [4.69, 9.17) is 5.11 Å². The SMILES string of the molecule is Cc1ccccc1-n1nccc1NC(=O)N[C@@H](C)[C@H](C)CO. The highest BCUT2D eigenvalue weighted by molar-refractivity contribution is 5.88. The second-order valence-corrected chi connectivity index (χ2v) is 5.46. The predicted molar refractivity (Wildman–Crippen MR) is 86.2 cm³/mol. The second-order valence-electron chi connectivity index (χ2n) is 5.46. The molecule has 22 heavy (non-hydrogen) atoms. The van der Waals surface area contributed by atoms with Gasteiger partial charge in [-0.05, 0) is 31.4 Å². The molecule has 0 spiro atoms. The van der Waals surface area contributed by atoms with E-state index in [0.29, 0.717) is 5.82 Å². The number of aryl methyl sites for hydroxylation is 1. The number of carbonyl (C=O) groups excluding carboxylic acids is 1. The molecule has 3 N–H and O–H groups in total. The Kier molecular flexibility index (Phi) is 5.16. The Labute approximate surface area is 130 Å². The van der Waals surface area contributed by atoms with Crippen LogP contribution in [0.4, 0.5) is 10.6 Å². The summed E-state index contributed by atoms with van der Waals surface area (Å²) < 4.78 is 1.69. The number of nitrogens with one attached hydrogen (secondary N) is 2. The van der Waals surface area contributed by atoms with Gasteiger partial charge in [-0.3, -0.25) is 5.32 Å². The lowest BCUT2D eigenvalue weighted by Gasteiger charge is -2.19. The number of carbonyl (C=O) groups is 1. The fourth-order valence-corrected chi connectivity index (χ4v) is 2.05. The normalized spacial score (nSPS) is 13.5. The maximum absolute atomic E-state index is 12.1. The van der Waals surface area contributed by atoms with E-state index in [9.17, 15) is 4.79 Å². The zero-order valence-corrected chi connectivity index (χ0v) is 13.1. The van der Waals surface area contributed by atoms with E-state index in [1.807, 2.05) is 45.0 Å². The van der Waals surface area contributed by atoms with Gasteiger partial charge in [0, 0.05) is 18.7 Å². The fourth-order valence-electron chi connectivity index (χ4n) is 2.05. The van der Waals surface area contributed by atoms with Gasteiger partial charge in [-0.15, -0.1) is 0 Å². The van der Waals surface area contributed by atoms with Gasteiger partial charge in [0.05, 0.1) is 11.9 Å². The summed E-state index contributed by atoms with van der Waals surface area (Å²) in [4.78, 5) is 12.1. The zero-order valence-electron chi connectivity index (χ0n) is 13.1. The number of hydrogen-bond donors (Lipinski definition) is 3. The largest absolute Gasteiger partial charge is 0.396 e. The molecule has 2 aromatic rings. The Morgan fingerprint density at radius 2 is 2.05 bits per heavy atom. The van der Waals surface area contributed by atoms with Crippen molar-refractivity contribution >= 4 is 11.8 Å². The van der Waals surface area contributed by atoms with Gasteiger partial charge < -0.3 is 10.4 Å². The van der Waals surface area contributed by atoms with Crippen LogP contribution in [0.25, 0.3) is 5.69 Å². The number of rotatable bonds is 5. The van der Waals surface area contributed by atoms with Crippen molar-refractivity contribution in [2.24, 2.45) is 5.92 Å². The first-order valence-electron chi connectivity index (χ1n) is 7.31. The number of aliphatic hydroxyl groups is 1. The Bertz CT molecular complexity index is 639. The van der Waals surface area contributed by atoms with Crippen LogP contribution in [0.3, 0.4) is 0 Å². The lowest BCUT2D eigenvalue weighted by molar-refractivity contribution is 0.204. The summed E-state index contributed by atoms with van der Waals surface area (Å²) in [5, 5.41) is 19.0. The van der Waals surface area contributed by atoms with E-state index >= 15 is 0 Å². The van der Waals surface area contributed by atoms with E-state index in [2.05, 4.69) is 15.7 Å². The van der Waals surface area contributed by atoms with Crippen LogP contribution in [0.5, 0.6) is 0 Å². The van der Waals surface area contributed by atoms with Crippen LogP contribution >= 0.6 is 0 Å². The number of anilines is 1. The molecule has 0 saturated heterocycles. The molecule has 6 heteroatoms. The summed E-state index contributed by atoms with van der Waals surface area (Å²) in [7, 11) is 0. The van der Waals surface area contributed by atoms with Crippen LogP contribution in [-0.2, 0) is 0 Å². The summed E-state index contributed by atoms with van der Waals surface area (Å²) >= 11 is 0. The highest BCUT2D eigenvalue weighted by Crippen LogP contribution is 2.18. The van der Waals surface area contributed by atoms with Crippen molar-refractivity contribution in [1.29, 1.82) is 0 Å². The molecule has 2 atom stereocenters. The Balaban J connectivity index is 2.11. The highest BCUT2D eigenvalue weighted by Gasteiger charge is 2.15. The number of nitrogens with zero attached hydrogens (tertiary/aromatic N) is 2. The molecule has 0 saturated carbocycles. The third-order valence-corrected chi connectivity index (χ3v) is 3.73. The van der Waals surface area contributed by atoms with E-state index in [1.54, 1.807) is 16.9 Å². The zero-order chi connectivity index (χ0) is 16.1. The maximum Gasteiger partial charge on any atom is 0.320 e. The van der Waals surface area contributed by atoms with Crippen molar-refractivity contribution in [2.75, 3.05) is 11.9 Å². The average Bonchev–Trinajstić information content (AvgIpc) is 2.94. The molecule has 118 valence electrons. The topological polar surface area (TPSA) is 79.2 Å². The Morgan fingerprint density at radius 3 is 2.73 bits per heavy atom. The lowest BCUT2D eigenvalue weighted by atomic mass is 10.1. The van der Waals surface area contributed by atoms with Crippen LogP contribution in [0, 0.1) is 12.8 Å². The lowest BCUT2D eigenvalue weighted by Crippen LogP contribution is -2.41. The highest BCUT2D eigenvalue weighted by atomic mass is 16.3. The van der Waals surface area contributed by atoms with Crippen molar-refractivity contribution < 1.29 is 9.90 Å². The van der Waals surface area contributed by atoms with Gasteiger partial charge >= 0.3 is 6.03 Å². The van der Waals surface area contributed by atoms with Gasteiger partial charge in [0.1, 0.15) is 5.82 Å². The number of para-hydroxylation sites is 1. The van der Waals surface area contributed by atoms with Crippen LogP contribution in [-0.4, -0.2) is 33.6 Å². The molecule has 6 nitrogen and oxygen atoms in total. The predicted octanol–water partition coefficient (Wildman–Crippen LogP) is 2.32. The van der Waals surface area contributed by atoms with E-state index in [0.717, 1.165) is 11.3 Å². The number of aromatic nitrogens is 2. The molecule has 0 aliphatic heterocycles. The van der Waals surface area contributed by atoms with E-state index in [1.165, 1.54) is 0 Å². The van der Waals surface area contributed by atoms with Gasteiger partial charge in [-0.1, -0.05) is 25.1 Å². The monoisotopic (exact) mass is 302 g/mol. The number of hydrogen-bond acceptors (Lipinski definition) is 3. The van der Waals surface area contributed by atoms with Crippen molar-refractivity contribution in [3.8, 4) is 5.69 Å². The number of urea groups is 1. The minimum absolute atomic E-state index is 0.00738. The summed E-state index contributed by atoms with van der Waals surface area (Å²) in [6, 6.07) is 9.13. The first-order chi connectivity index (χ1) is 10.5. The first-order valence-corrected chi connectivity index (χ1v) is 7.31. The van der Waals surface area contributed by atoms with Gasteiger partial charge in [0.15, 0.2) is 0 Å². The molecule has 0 fully saturated rings. The number of benzene rings is 1. The third kappa shape index (κ3) is 3.65. The molecule has 1 aromatic carbocycles. The molecule has 2 amide bonds. The Hall–Kier alpha value is -2.34. The molecule has 0 unspecified atom stereocenters. The van der Waals surface area contributed by atoms with Crippen molar-refractivity contribution in [1.82, 2.24) is 15.1 Å². The molecule has 0 aliphatic rings. The van der Waals surface area contributed by atoms with E-state index < -0.39 is 0 Å². The fraction of sp³-hybridized carbons (Fsp3) is 0.375. The van der Waals surface area contributed by atoms with E-state index in [-0.39, 0.29) is 24.6 Å². The number of aliphatic hydroxyl groups excluding tert-OH is 1. The summed E-state index contributed by atoms with van der Waals surface area (Å²) in [5.41, 5.74) is 1.98. The molecular formula is C16H22N4O2. The Morgan fingerprint density at radius 1 is 1.32 bits per heavy atom. The molecule has 0 radical (unpaired) electrons. The maximum atomic E-state index is 12.1. The number of amides is 2. The third-order valence-electron chi connectivity index (χ3n) is 3.73. The van der Waals surface area contributed by atoms with Crippen LogP contribution in [0.2, 0.25) is 0 Å². The van der Waals surface area contributed by atoms with Gasteiger partial charge in [0.2, 0.25) is 0 Å². The second kappa shape index (κ2) is 7.09. The summed E-state index contributed by atoms with van der Waals surface area (Å²) in [5.74, 6) is 0.586. The molecule has 0 aliphatic carbocycles. The molecule has 0 bridgehead atoms. The van der Waals surface area contributed by atoms with Crippen molar-refractivity contribution in [2.45, 2.75) is 26.8 Å². The molecule has 1 heterocycles. The van der Waals surface area contributed by atoms with Crippen molar-refractivity contribution in [3.05, 3.63) is 42.1 Å². The van der Waals surface area contributed by atoms with Gasteiger partial charge in [-0.2, -0.15) is 5.10 Å².